The number of aliphatic hydroxyl groups is 1. The number of ether oxygens (including phenoxy) is 2. The number of aryl methyl sites for hydroxylation is 1. The Kier molecular flexibility index (Phi) is 4.13. The lowest BCUT2D eigenvalue weighted by molar-refractivity contribution is -0.188. The molecular formula is C32H22O9. The van der Waals surface area contributed by atoms with Gasteiger partial charge < -0.3 is 24.8 Å². The van der Waals surface area contributed by atoms with Crippen LogP contribution in [0.25, 0.3) is 0 Å². The van der Waals surface area contributed by atoms with Gasteiger partial charge in [0.15, 0.2) is 17.3 Å². The highest BCUT2D eigenvalue weighted by Crippen LogP contribution is 2.73. The van der Waals surface area contributed by atoms with Gasteiger partial charge in [0.2, 0.25) is 5.78 Å². The second kappa shape index (κ2) is 6.99. The molecule has 8 rings (SSSR count). The molecule has 204 valence electrons. The van der Waals surface area contributed by atoms with E-state index in [-0.39, 0.29) is 56.2 Å². The van der Waals surface area contributed by atoms with Crippen molar-refractivity contribution in [1.82, 2.24) is 0 Å². The molecule has 9 nitrogen and oxygen atoms in total. The third-order valence-corrected chi connectivity index (χ3v) is 9.51. The summed E-state index contributed by atoms with van der Waals surface area (Å²) in [6.07, 6.45) is 0.257. The van der Waals surface area contributed by atoms with Crippen molar-refractivity contribution in [3.05, 3.63) is 98.6 Å². The van der Waals surface area contributed by atoms with E-state index < -0.39 is 52.0 Å². The van der Waals surface area contributed by atoms with E-state index in [9.17, 15) is 34.5 Å². The van der Waals surface area contributed by atoms with E-state index in [2.05, 4.69) is 0 Å². The molecular weight excluding hydrogens is 528 g/mol. The number of hydrogen-bond acceptors (Lipinski definition) is 9. The highest BCUT2D eigenvalue weighted by Gasteiger charge is 2.81. The van der Waals surface area contributed by atoms with E-state index in [0.717, 1.165) is 6.08 Å². The summed E-state index contributed by atoms with van der Waals surface area (Å²) < 4.78 is 13.2. The maximum Gasteiger partial charge on any atom is 0.253 e. The normalized spacial score (nSPS) is 31.9. The average Bonchev–Trinajstić information content (AvgIpc) is 3.34. The SMILES string of the molecule is Cc1cc(O)c2c(c1)C(=O)c1ccc3c(c1C2=O)O[C@@]12O[C@H](C)[C@H]4[C@@](C)(O)C(=O)C=C(C(=O)c5c(O)cccc51)[C@]342. The third-order valence-electron chi connectivity index (χ3n) is 9.51. The van der Waals surface area contributed by atoms with Crippen LogP contribution in [0.4, 0.5) is 0 Å². The molecule has 0 bridgehead atoms. The Hall–Kier alpha value is -4.60. The van der Waals surface area contributed by atoms with Crippen molar-refractivity contribution in [1.29, 1.82) is 0 Å². The third kappa shape index (κ3) is 2.36. The summed E-state index contributed by atoms with van der Waals surface area (Å²) in [5.41, 5.74) is -2.83. The van der Waals surface area contributed by atoms with Crippen LogP contribution in [-0.4, -0.2) is 50.2 Å². The zero-order valence-electron chi connectivity index (χ0n) is 22.1. The molecule has 5 aliphatic rings. The van der Waals surface area contributed by atoms with Gasteiger partial charge in [0.05, 0.1) is 22.8 Å². The molecule has 0 saturated carbocycles. The second-order valence-electron chi connectivity index (χ2n) is 11.7. The van der Waals surface area contributed by atoms with Gasteiger partial charge in [-0.15, -0.1) is 0 Å². The Labute approximate surface area is 232 Å². The summed E-state index contributed by atoms with van der Waals surface area (Å²) in [4.78, 5) is 55.2. The standard InChI is InChI=1S/C32H22O9/c1-12-9-15-22(20(34)10-12)27(38)23-14(25(15)36)7-8-17-28(23)41-32-16-5-4-6-19(33)24(16)26(37)18-11-21(35)30(3,39)29(13(2)40-32)31(17,18)32/h4-11,13,29,33-34,39H,1-3H3/t13-,29+,30+,31-,32+/m1/s1. The van der Waals surface area contributed by atoms with Gasteiger partial charge in [-0.3, -0.25) is 19.2 Å². The van der Waals surface area contributed by atoms with Crippen LogP contribution < -0.4 is 4.74 Å². The molecule has 3 aliphatic carbocycles. The van der Waals surface area contributed by atoms with Crippen LogP contribution in [0.2, 0.25) is 0 Å². The fraction of sp³-hybridized carbons (Fsp3) is 0.250. The summed E-state index contributed by atoms with van der Waals surface area (Å²) in [6, 6.07) is 10.4. The Morgan fingerprint density at radius 2 is 1.59 bits per heavy atom. The number of fused-ring (bicyclic) bond motifs is 5. The first-order valence-corrected chi connectivity index (χ1v) is 13.2. The van der Waals surface area contributed by atoms with Crippen molar-refractivity contribution < 1.29 is 44.0 Å². The quantitative estimate of drug-likeness (QED) is 0.300. The van der Waals surface area contributed by atoms with Crippen LogP contribution >= 0.6 is 0 Å². The van der Waals surface area contributed by atoms with Crippen LogP contribution in [0.3, 0.4) is 0 Å². The molecule has 0 unspecified atom stereocenters. The van der Waals surface area contributed by atoms with Gasteiger partial charge in [0.25, 0.3) is 5.79 Å². The van der Waals surface area contributed by atoms with Crippen molar-refractivity contribution in [3.8, 4) is 17.2 Å². The summed E-state index contributed by atoms with van der Waals surface area (Å²) in [7, 11) is 0. The predicted molar refractivity (Wildman–Crippen MR) is 140 cm³/mol. The average molecular weight is 551 g/mol. The molecule has 2 heterocycles. The van der Waals surface area contributed by atoms with Crippen molar-refractivity contribution in [2.75, 3.05) is 0 Å². The molecule has 1 saturated heterocycles. The number of phenolic OH excluding ortho intramolecular Hbond substituents is 2. The Morgan fingerprint density at radius 3 is 2.34 bits per heavy atom. The molecule has 5 atom stereocenters. The van der Waals surface area contributed by atoms with Crippen LogP contribution in [0.1, 0.15) is 72.7 Å². The van der Waals surface area contributed by atoms with Gasteiger partial charge in [0, 0.05) is 33.7 Å². The minimum absolute atomic E-state index is 0.0375. The number of Topliss-reactive ketones (excluding diaryl/α,β-unsaturated/α-hetero) is 1. The number of carbonyl (C=O) groups excluding carboxylic acids is 4. The van der Waals surface area contributed by atoms with Gasteiger partial charge in [-0.25, -0.2) is 0 Å². The summed E-state index contributed by atoms with van der Waals surface area (Å²) in [6.45, 7) is 4.73. The summed E-state index contributed by atoms with van der Waals surface area (Å²) in [5, 5.41) is 33.2. The van der Waals surface area contributed by atoms with Crippen molar-refractivity contribution in [3.63, 3.8) is 0 Å². The fourth-order valence-corrected chi connectivity index (χ4v) is 8.12. The zero-order valence-corrected chi connectivity index (χ0v) is 22.1. The summed E-state index contributed by atoms with van der Waals surface area (Å²) >= 11 is 0. The molecule has 41 heavy (non-hydrogen) atoms. The highest BCUT2D eigenvalue weighted by atomic mass is 16.7. The van der Waals surface area contributed by atoms with Crippen LogP contribution in [0.5, 0.6) is 17.2 Å². The molecule has 1 spiro atoms. The number of ketones is 4. The molecule has 9 heteroatoms. The lowest BCUT2D eigenvalue weighted by Gasteiger charge is -2.50. The first kappa shape index (κ1) is 24.2. The van der Waals surface area contributed by atoms with Crippen molar-refractivity contribution in [2.45, 2.75) is 43.7 Å². The van der Waals surface area contributed by atoms with E-state index in [1.165, 1.54) is 31.2 Å². The molecule has 0 aromatic heterocycles. The van der Waals surface area contributed by atoms with Gasteiger partial charge >= 0.3 is 0 Å². The summed E-state index contributed by atoms with van der Waals surface area (Å²) in [5.74, 6) is -6.11. The van der Waals surface area contributed by atoms with E-state index in [0.29, 0.717) is 11.1 Å². The minimum Gasteiger partial charge on any atom is -0.507 e. The van der Waals surface area contributed by atoms with E-state index >= 15 is 0 Å². The molecule has 0 amide bonds. The van der Waals surface area contributed by atoms with Crippen molar-refractivity contribution in [2.24, 2.45) is 5.92 Å². The molecule has 0 radical (unpaired) electrons. The minimum atomic E-state index is -2.00. The van der Waals surface area contributed by atoms with E-state index in [1.807, 2.05) is 0 Å². The number of phenols is 2. The van der Waals surface area contributed by atoms with Gasteiger partial charge in [-0.2, -0.15) is 0 Å². The maximum atomic E-state index is 14.1. The van der Waals surface area contributed by atoms with Gasteiger partial charge in [-0.1, -0.05) is 18.2 Å². The molecule has 1 fully saturated rings. The lowest BCUT2D eigenvalue weighted by atomic mass is 9.49. The molecule has 3 aromatic carbocycles. The number of benzene rings is 3. The van der Waals surface area contributed by atoms with Gasteiger partial charge in [0.1, 0.15) is 28.3 Å². The monoisotopic (exact) mass is 550 g/mol. The van der Waals surface area contributed by atoms with Crippen LogP contribution in [0.15, 0.2) is 54.1 Å². The Morgan fingerprint density at radius 1 is 0.829 bits per heavy atom. The van der Waals surface area contributed by atoms with E-state index in [1.54, 1.807) is 32.0 Å². The smallest absolute Gasteiger partial charge is 0.253 e. The maximum absolute atomic E-state index is 14.1. The number of aromatic hydroxyl groups is 2. The molecule has 2 aliphatic heterocycles. The first-order valence-electron chi connectivity index (χ1n) is 13.2. The topological polar surface area (TPSA) is 147 Å². The predicted octanol–water partition coefficient (Wildman–Crippen LogP) is 3.16. The Bertz CT molecular complexity index is 1910. The van der Waals surface area contributed by atoms with Gasteiger partial charge in [-0.05, 0) is 56.7 Å². The Balaban J connectivity index is 1.52. The molecule has 3 aromatic rings. The molecule has 3 N–H and O–H groups in total. The van der Waals surface area contributed by atoms with Crippen LogP contribution in [0, 0.1) is 12.8 Å². The number of hydrogen-bond donors (Lipinski definition) is 3. The van der Waals surface area contributed by atoms with Crippen molar-refractivity contribution >= 4 is 23.1 Å². The largest absolute Gasteiger partial charge is 0.507 e. The van der Waals surface area contributed by atoms with E-state index in [4.69, 9.17) is 9.47 Å². The number of rotatable bonds is 0. The fourth-order valence-electron chi connectivity index (χ4n) is 8.12. The van der Waals surface area contributed by atoms with Crippen LogP contribution in [-0.2, 0) is 20.7 Å². The highest BCUT2D eigenvalue weighted by molar-refractivity contribution is 6.31. The second-order valence-corrected chi connectivity index (χ2v) is 11.7. The number of carbonyl (C=O) groups is 4. The zero-order chi connectivity index (χ0) is 29.0. The first-order chi connectivity index (χ1) is 19.4. The lowest BCUT2D eigenvalue weighted by Crippen LogP contribution is -2.64.